The van der Waals surface area contributed by atoms with Crippen LogP contribution in [-0.2, 0) is 0 Å². The second-order valence-corrected chi connectivity index (χ2v) is 3.58. The number of aromatic carboxylic acids is 1. The van der Waals surface area contributed by atoms with Crippen LogP contribution in [-0.4, -0.2) is 24.8 Å². The lowest BCUT2D eigenvalue weighted by Gasteiger charge is -2.10. The van der Waals surface area contributed by atoms with Crippen molar-refractivity contribution in [2.75, 3.05) is 13.7 Å². The summed E-state index contributed by atoms with van der Waals surface area (Å²) in [5, 5.41) is 8.94. The SMILES string of the molecule is CCOc1cc(OC)c(Br)cc1C(=O)O. The van der Waals surface area contributed by atoms with Gasteiger partial charge in [-0.25, -0.2) is 4.79 Å². The number of rotatable bonds is 4. The quantitative estimate of drug-likeness (QED) is 0.917. The Balaban J connectivity index is 3.25. The molecule has 0 aromatic heterocycles. The minimum atomic E-state index is -1.03. The summed E-state index contributed by atoms with van der Waals surface area (Å²) in [6, 6.07) is 3.02. The van der Waals surface area contributed by atoms with Gasteiger partial charge in [0.1, 0.15) is 17.1 Å². The first kappa shape index (κ1) is 11.8. The normalized spacial score (nSPS) is 9.80. The van der Waals surface area contributed by atoms with Crippen LogP contribution >= 0.6 is 15.9 Å². The zero-order chi connectivity index (χ0) is 11.4. The molecule has 1 aromatic carbocycles. The van der Waals surface area contributed by atoms with Gasteiger partial charge in [0.05, 0.1) is 18.2 Å². The summed E-state index contributed by atoms with van der Waals surface area (Å²) < 4.78 is 10.8. The Hall–Kier alpha value is -1.23. The third-order valence-corrected chi connectivity index (χ3v) is 2.40. The van der Waals surface area contributed by atoms with Gasteiger partial charge in [0.2, 0.25) is 0 Å². The lowest BCUT2D eigenvalue weighted by Crippen LogP contribution is -2.03. The first-order valence-electron chi connectivity index (χ1n) is 4.33. The van der Waals surface area contributed by atoms with Crippen molar-refractivity contribution in [3.8, 4) is 11.5 Å². The maximum Gasteiger partial charge on any atom is 0.339 e. The molecular formula is C10H11BrO4. The van der Waals surface area contributed by atoms with Crippen LogP contribution < -0.4 is 9.47 Å². The summed E-state index contributed by atoms with van der Waals surface area (Å²) in [5.74, 6) is -0.171. The predicted molar refractivity (Wildman–Crippen MR) is 58.8 cm³/mol. The number of ether oxygens (including phenoxy) is 2. The summed E-state index contributed by atoms with van der Waals surface area (Å²) in [7, 11) is 1.51. The number of carboxylic acid groups (broad SMARTS) is 1. The van der Waals surface area contributed by atoms with Gasteiger partial charge in [0, 0.05) is 6.07 Å². The molecule has 4 nitrogen and oxygen atoms in total. The van der Waals surface area contributed by atoms with E-state index in [-0.39, 0.29) is 5.56 Å². The van der Waals surface area contributed by atoms with Gasteiger partial charge >= 0.3 is 5.97 Å². The highest BCUT2D eigenvalue weighted by molar-refractivity contribution is 9.10. The van der Waals surface area contributed by atoms with E-state index in [1.54, 1.807) is 13.0 Å². The fourth-order valence-corrected chi connectivity index (χ4v) is 1.64. The Labute approximate surface area is 95.9 Å². The van der Waals surface area contributed by atoms with Gasteiger partial charge in [-0.1, -0.05) is 0 Å². The van der Waals surface area contributed by atoms with Crippen molar-refractivity contribution in [3.05, 3.63) is 22.2 Å². The lowest BCUT2D eigenvalue weighted by molar-refractivity contribution is 0.0692. The van der Waals surface area contributed by atoms with Gasteiger partial charge in [-0.15, -0.1) is 0 Å². The summed E-state index contributed by atoms with van der Waals surface area (Å²) >= 11 is 3.22. The maximum atomic E-state index is 10.9. The Morgan fingerprint density at radius 2 is 2.13 bits per heavy atom. The molecule has 0 aliphatic heterocycles. The molecule has 0 bridgehead atoms. The monoisotopic (exact) mass is 274 g/mol. The maximum absolute atomic E-state index is 10.9. The number of methoxy groups -OCH3 is 1. The first-order valence-corrected chi connectivity index (χ1v) is 5.13. The molecule has 0 spiro atoms. The molecule has 1 rings (SSSR count). The van der Waals surface area contributed by atoms with Crippen molar-refractivity contribution in [3.63, 3.8) is 0 Å². The van der Waals surface area contributed by atoms with Gasteiger partial charge < -0.3 is 14.6 Å². The highest BCUT2D eigenvalue weighted by Crippen LogP contribution is 2.32. The zero-order valence-electron chi connectivity index (χ0n) is 8.41. The predicted octanol–water partition coefficient (Wildman–Crippen LogP) is 2.55. The topological polar surface area (TPSA) is 55.8 Å². The standard InChI is InChI=1S/C10H11BrO4/c1-3-15-8-5-9(14-2)7(11)4-6(8)10(12)13/h4-5H,3H2,1-2H3,(H,12,13). The Morgan fingerprint density at radius 1 is 1.47 bits per heavy atom. The van der Waals surface area contributed by atoms with Crippen molar-refractivity contribution < 1.29 is 19.4 Å². The van der Waals surface area contributed by atoms with Gasteiger partial charge in [-0.05, 0) is 28.9 Å². The molecule has 0 unspecified atom stereocenters. The van der Waals surface area contributed by atoms with E-state index in [0.29, 0.717) is 22.6 Å². The highest BCUT2D eigenvalue weighted by Gasteiger charge is 2.15. The smallest absolute Gasteiger partial charge is 0.339 e. The van der Waals surface area contributed by atoms with E-state index in [2.05, 4.69) is 15.9 Å². The van der Waals surface area contributed by atoms with E-state index in [9.17, 15) is 4.79 Å². The highest BCUT2D eigenvalue weighted by atomic mass is 79.9. The number of hydrogen-bond acceptors (Lipinski definition) is 3. The lowest BCUT2D eigenvalue weighted by atomic mass is 10.2. The van der Waals surface area contributed by atoms with Gasteiger partial charge in [-0.3, -0.25) is 0 Å². The third kappa shape index (κ3) is 2.62. The number of hydrogen-bond donors (Lipinski definition) is 1. The van der Waals surface area contributed by atoms with Crippen molar-refractivity contribution in [2.24, 2.45) is 0 Å². The Kier molecular flexibility index (Phi) is 3.96. The van der Waals surface area contributed by atoms with E-state index in [0.717, 1.165) is 0 Å². The molecule has 0 heterocycles. The minimum Gasteiger partial charge on any atom is -0.495 e. The molecule has 1 N–H and O–H groups in total. The molecule has 0 saturated heterocycles. The number of carboxylic acids is 1. The summed E-state index contributed by atoms with van der Waals surface area (Å²) in [5.41, 5.74) is 0.115. The Bertz CT molecular complexity index is 376. The molecule has 0 saturated carbocycles. The van der Waals surface area contributed by atoms with Gasteiger partial charge in [0.15, 0.2) is 0 Å². The van der Waals surface area contributed by atoms with Gasteiger partial charge in [-0.2, -0.15) is 0 Å². The van der Waals surface area contributed by atoms with Crippen molar-refractivity contribution >= 4 is 21.9 Å². The molecule has 82 valence electrons. The fraction of sp³-hybridized carbons (Fsp3) is 0.300. The zero-order valence-corrected chi connectivity index (χ0v) is 10.00. The summed E-state index contributed by atoms with van der Waals surface area (Å²) in [6.45, 7) is 2.20. The van der Waals surface area contributed by atoms with Crippen LogP contribution in [0.25, 0.3) is 0 Å². The average Bonchev–Trinajstić information content (AvgIpc) is 2.20. The molecule has 0 aliphatic rings. The molecule has 5 heteroatoms. The Morgan fingerprint density at radius 3 is 2.60 bits per heavy atom. The van der Waals surface area contributed by atoms with Crippen molar-refractivity contribution in [2.45, 2.75) is 6.92 Å². The van der Waals surface area contributed by atoms with E-state index in [1.807, 2.05) is 0 Å². The summed E-state index contributed by atoms with van der Waals surface area (Å²) in [6.07, 6.45) is 0. The number of carbonyl (C=O) groups is 1. The largest absolute Gasteiger partial charge is 0.495 e. The molecule has 0 amide bonds. The molecule has 15 heavy (non-hydrogen) atoms. The second-order valence-electron chi connectivity index (χ2n) is 2.72. The van der Waals surface area contributed by atoms with E-state index in [1.165, 1.54) is 13.2 Å². The van der Waals surface area contributed by atoms with Crippen LogP contribution in [0, 0.1) is 0 Å². The van der Waals surface area contributed by atoms with Crippen LogP contribution in [0.15, 0.2) is 16.6 Å². The van der Waals surface area contributed by atoms with Crippen LogP contribution in [0.2, 0.25) is 0 Å². The number of benzene rings is 1. The average molecular weight is 275 g/mol. The molecule has 1 aromatic rings. The van der Waals surface area contributed by atoms with E-state index in [4.69, 9.17) is 14.6 Å². The third-order valence-electron chi connectivity index (χ3n) is 1.78. The fourth-order valence-electron chi connectivity index (χ4n) is 1.13. The second kappa shape index (κ2) is 5.02. The van der Waals surface area contributed by atoms with Crippen molar-refractivity contribution in [1.29, 1.82) is 0 Å². The van der Waals surface area contributed by atoms with E-state index >= 15 is 0 Å². The molecule has 0 radical (unpaired) electrons. The number of halogens is 1. The van der Waals surface area contributed by atoms with Crippen LogP contribution in [0.1, 0.15) is 17.3 Å². The minimum absolute atomic E-state index is 0.115. The summed E-state index contributed by atoms with van der Waals surface area (Å²) in [4.78, 5) is 10.9. The van der Waals surface area contributed by atoms with Gasteiger partial charge in [0.25, 0.3) is 0 Å². The first-order chi connectivity index (χ1) is 7.10. The van der Waals surface area contributed by atoms with Crippen molar-refractivity contribution in [1.82, 2.24) is 0 Å². The van der Waals surface area contributed by atoms with Crippen LogP contribution in [0.5, 0.6) is 11.5 Å². The van der Waals surface area contributed by atoms with Crippen LogP contribution in [0.3, 0.4) is 0 Å². The molecule has 0 fully saturated rings. The van der Waals surface area contributed by atoms with Crippen LogP contribution in [0.4, 0.5) is 0 Å². The molecular weight excluding hydrogens is 264 g/mol. The molecule has 0 aliphatic carbocycles. The van der Waals surface area contributed by atoms with E-state index < -0.39 is 5.97 Å². The molecule has 0 atom stereocenters.